The molecule has 0 aliphatic carbocycles. The molecule has 2 rings (SSSR count). The number of ether oxygens (including phenoxy) is 1. The summed E-state index contributed by atoms with van der Waals surface area (Å²) in [6.07, 6.45) is 0. The maximum atomic E-state index is 11.4. The van der Waals surface area contributed by atoms with Gasteiger partial charge in [0.05, 0.1) is 22.1 Å². The average Bonchev–Trinajstić information content (AvgIpc) is 2.47. The summed E-state index contributed by atoms with van der Waals surface area (Å²) in [6.45, 7) is 1.26. The minimum Gasteiger partial charge on any atom is -0.456 e. The van der Waals surface area contributed by atoms with Gasteiger partial charge in [-0.3, -0.25) is 14.9 Å². The first-order valence-corrected chi connectivity index (χ1v) is 5.99. The number of hydrogen-bond acceptors (Lipinski definition) is 5. The Labute approximate surface area is 120 Å². The Hall–Kier alpha value is -3.20. The summed E-state index contributed by atoms with van der Waals surface area (Å²) < 4.78 is 5.49. The smallest absolute Gasteiger partial charge is 0.283 e. The second kappa shape index (κ2) is 5.84. The van der Waals surface area contributed by atoms with Crippen molar-refractivity contribution < 1.29 is 14.5 Å². The molecule has 0 aliphatic rings. The van der Waals surface area contributed by atoms with Crippen molar-refractivity contribution in [3.63, 3.8) is 0 Å². The van der Waals surface area contributed by atoms with Gasteiger partial charge in [-0.15, -0.1) is 0 Å². The number of Topliss-reactive ketones (excluding diaryl/α,β-unsaturated/α-hetero) is 1. The first-order valence-electron chi connectivity index (χ1n) is 5.99. The van der Waals surface area contributed by atoms with Gasteiger partial charge in [-0.1, -0.05) is 12.1 Å². The molecule has 0 saturated heterocycles. The molecule has 0 aromatic heterocycles. The van der Waals surface area contributed by atoms with E-state index in [0.717, 1.165) is 0 Å². The molecule has 2 aromatic rings. The van der Waals surface area contributed by atoms with E-state index in [0.29, 0.717) is 11.3 Å². The van der Waals surface area contributed by atoms with Crippen molar-refractivity contribution in [2.75, 3.05) is 0 Å². The second-order valence-electron chi connectivity index (χ2n) is 4.20. The van der Waals surface area contributed by atoms with Crippen molar-refractivity contribution in [3.8, 4) is 17.6 Å². The molecule has 2 aromatic carbocycles. The number of benzene rings is 2. The van der Waals surface area contributed by atoms with Gasteiger partial charge in [-0.2, -0.15) is 5.26 Å². The number of nitriles is 1. The molecule has 0 saturated carbocycles. The predicted molar refractivity (Wildman–Crippen MR) is 74.3 cm³/mol. The Kier molecular flexibility index (Phi) is 3.95. The lowest BCUT2D eigenvalue weighted by molar-refractivity contribution is -0.385. The van der Waals surface area contributed by atoms with Gasteiger partial charge in [0.15, 0.2) is 5.78 Å². The number of ketones is 1. The number of nitro benzene ring substituents is 1. The van der Waals surface area contributed by atoms with E-state index in [4.69, 9.17) is 10.00 Å². The SMILES string of the molecule is CC(=O)c1ccc(Oc2ccccc2C#N)cc1[N+](=O)[O-]. The maximum absolute atomic E-state index is 11.4. The van der Waals surface area contributed by atoms with Crippen molar-refractivity contribution in [1.82, 2.24) is 0 Å². The van der Waals surface area contributed by atoms with Crippen molar-refractivity contribution in [2.24, 2.45) is 0 Å². The van der Waals surface area contributed by atoms with E-state index in [9.17, 15) is 14.9 Å². The number of nitrogens with zero attached hydrogens (tertiary/aromatic N) is 2. The number of carbonyl (C=O) groups excluding carboxylic acids is 1. The van der Waals surface area contributed by atoms with Gasteiger partial charge in [-0.05, 0) is 31.2 Å². The second-order valence-corrected chi connectivity index (χ2v) is 4.20. The molecular weight excluding hydrogens is 272 g/mol. The molecule has 104 valence electrons. The van der Waals surface area contributed by atoms with Crippen LogP contribution in [-0.4, -0.2) is 10.7 Å². The quantitative estimate of drug-likeness (QED) is 0.486. The first-order chi connectivity index (χ1) is 10.0. The van der Waals surface area contributed by atoms with Crippen LogP contribution in [0.5, 0.6) is 11.5 Å². The lowest BCUT2D eigenvalue weighted by atomic mass is 10.1. The fourth-order valence-corrected chi connectivity index (χ4v) is 1.80. The van der Waals surface area contributed by atoms with Gasteiger partial charge in [-0.25, -0.2) is 0 Å². The van der Waals surface area contributed by atoms with Gasteiger partial charge in [0.2, 0.25) is 0 Å². The van der Waals surface area contributed by atoms with E-state index in [1.807, 2.05) is 6.07 Å². The minimum atomic E-state index is -0.639. The largest absolute Gasteiger partial charge is 0.456 e. The zero-order valence-corrected chi connectivity index (χ0v) is 11.1. The van der Waals surface area contributed by atoms with Gasteiger partial charge in [0.25, 0.3) is 5.69 Å². The van der Waals surface area contributed by atoms with Crippen LogP contribution < -0.4 is 4.74 Å². The Bertz CT molecular complexity index is 763. The molecule has 6 nitrogen and oxygen atoms in total. The molecule has 0 spiro atoms. The molecule has 21 heavy (non-hydrogen) atoms. The highest BCUT2D eigenvalue weighted by atomic mass is 16.6. The number of hydrogen-bond donors (Lipinski definition) is 0. The van der Waals surface area contributed by atoms with Crippen LogP contribution in [-0.2, 0) is 0 Å². The normalized spacial score (nSPS) is 9.71. The maximum Gasteiger partial charge on any atom is 0.283 e. The first kappa shape index (κ1) is 14.2. The Morgan fingerprint density at radius 1 is 1.29 bits per heavy atom. The highest BCUT2D eigenvalue weighted by Crippen LogP contribution is 2.30. The number of rotatable bonds is 4. The fourth-order valence-electron chi connectivity index (χ4n) is 1.80. The van der Waals surface area contributed by atoms with Crippen molar-refractivity contribution >= 4 is 11.5 Å². The van der Waals surface area contributed by atoms with Crippen LogP contribution in [0, 0.1) is 21.4 Å². The highest BCUT2D eigenvalue weighted by Gasteiger charge is 2.18. The third-order valence-corrected chi connectivity index (χ3v) is 2.78. The molecular formula is C15H10N2O4. The molecule has 0 bridgehead atoms. The summed E-state index contributed by atoms with van der Waals surface area (Å²) in [5.74, 6) is 0.0879. The Balaban J connectivity index is 2.42. The summed E-state index contributed by atoms with van der Waals surface area (Å²) in [7, 11) is 0. The van der Waals surface area contributed by atoms with Crippen molar-refractivity contribution in [2.45, 2.75) is 6.92 Å². The fraction of sp³-hybridized carbons (Fsp3) is 0.0667. The Morgan fingerprint density at radius 2 is 2.00 bits per heavy atom. The van der Waals surface area contributed by atoms with E-state index in [2.05, 4.69) is 0 Å². The van der Waals surface area contributed by atoms with E-state index in [1.165, 1.54) is 25.1 Å². The number of para-hydroxylation sites is 1. The van der Waals surface area contributed by atoms with Crippen LogP contribution in [0.3, 0.4) is 0 Å². The minimum absolute atomic E-state index is 0.0147. The summed E-state index contributed by atoms with van der Waals surface area (Å²) in [5.41, 5.74) is 0.00570. The zero-order chi connectivity index (χ0) is 15.4. The summed E-state index contributed by atoms with van der Waals surface area (Å²) in [6, 6.07) is 12.5. The molecule has 0 N–H and O–H groups in total. The summed E-state index contributed by atoms with van der Waals surface area (Å²) in [4.78, 5) is 21.7. The van der Waals surface area contributed by atoms with Gasteiger partial charge in [0.1, 0.15) is 17.6 Å². The number of nitro groups is 1. The van der Waals surface area contributed by atoms with Gasteiger partial charge in [0, 0.05) is 0 Å². The van der Waals surface area contributed by atoms with E-state index >= 15 is 0 Å². The van der Waals surface area contributed by atoms with E-state index < -0.39 is 10.7 Å². The molecule has 0 amide bonds. The Morgan fingerprint density at radius 3 is 2.62 bits per heavy atom. The standard InChI is InChI=1S/C15H10N2O4/c1-10(18)13-7-6-12(8-14(13)17(19)20)21-15-5-3-2-4-11(15)9-16/h2-8H,1H3. The molecule has 0 fully saturated rings. The van der Waals surface area contributed by atoms with Crippen LogP contribution in [0.4, 0.5) is 5.69 Å². The average molecular weight is 282 g/mol. The predicted octanol–water partition coefficient (Wildman–Crippen LogP) is 3.46. The van der Waals surface area contributed by atoms with Crippen LogP contribution in [0.2, 0.25) is 0 Å². The summed E-state index contributed by atoms with van der Waals surface area (Å²) in [5, 5.41) is 20.0. The topological polar surface area (TPSA) is 93.2 Å². The molecule has 0 heterocycles. The summed E-state index contributed by atoms with van der Waals surface area (Å²) >= 11 is 0. The van der Waals surface area contributed by atoms with Gasteiger partial charge >= 0.3 is 0 Å². The van der Waals surface area contributed by atoms with Crippen molar-refractivity contribution in [3.05, 3.63) is 63.7 Å². The van der Waals surface area contributed by atoms with Gasteiger partial charge < -0.3 is 4.74 Å². The lowest BCUT2D eigenvalue weighted by Crippen LogP contribution is -2.00. The third kappa shape index (κ3) is 3.04. The van der Waals surface area contributed by atoms with Crippen LogP contribution >= 0.6 is 0 Å². The van der Waals surface area contributed by atoms with Crippen LogP contribution in [0.1, 0.15) is 22.8 Å². The molecule has 0 aliphatic heterocycles. The molecule has 6 heteroatoms. The zero-order valence-electron chi connectivity index (χ0n) is 11.1. The number of carbonyl (C=O) groups is 1. The van der Waals surface area contributed by atoms with E-state index in [1.54, 1.807) is 24.3 Å². The monoisotopic (exact) mass is 282 g/mol. The van der Waals surface area contributed by atoms with E-state index in [-0.39, 0.29) is 17.0 Å². The van der Waals surface area contributed by atoms with Crippen molar-refractivity contribution in [1.29, 1.82) is 5.26 Å². The molecule has 0 atom stereocenters. The van der Waals surface area contributed by atoms with Crippen LogP contribution in [0.15, 0.2) is 42.5 Å². The molecule has 0 radical (unpaired) electrons. The third-order valence-electron chi connectivity index (χ3n) is 2.78. The van der Waals surface area contributed by atoms with Crippen LogP contribution in [0.25, 0.3) is 0 Å². The molecule has 0 unspecified atom stereocenters. The lowest BCUT2D eigenvalue weighted by Gasteiger charge is -2.08. The highest BCUT2D eigenvalue weighted by molar-refractivity contribution is 5.98.